The van der Waals surface area contributed by atoms with Gasteiger partial charge in [0.15, 0.2) is 5.82 Å². The van der Waals surface area contributed by atoms with Gasteiger partial charge in [0.1, 0.15) is 0 Å². The molecule has 2 aromatic heterocycles. The van der Waals surface area contributed by atoms with Gasteiger partial charge in [-0.25, -0.2) is 4.98 Å². The molecule has 1 aliphatic heterocycles. The molecule has 0 bridgehead atoms. The average Bonchev–Trinajstić information content (AvgIpc) is 3.35. The van der Waals surface area contributed by atoms with E-state index in [4.69, 9.17) is 0 Å². The predicted octanol–water partition coefficient (Wildman–Crippen LogP) is 3.81. The van der Waals surface area contributed by atoms with Gasteiger partial charge in [-0.3, -0.25) is 4.90 Å². The molecule has 1 fully saturated rings. The van der Waals surface area contributed by atoms with Gasteiger partial charge in [0.2, 0.25) is 10.8 Å². The van der Waals surface area contributed by atoms with Crippen LogP contribution in [0.15, 0.2) is 24.3 Å². The summed E-state index contributed by atoms with van der Waals surface area (Å²) < 4.78 is 1.60. The van der Waals surface area contributed by atoms with Crippen LogP contribution < -0.4 is 0 Å². The molecular weight excluding hydrogens is 332 g/mol. The number of aryl methyl sites for hydroxylation is 2. The summed E-state index contributed by atoms with van der Waals surface area (Å²) in [7, 11) is 0. The molecule has 132 valence electrons. The fourth-order valence-corrected chi connectivity index (χ4v) is 4.72. The molecular formula is C19H24N4OS. The van der Waals surface area contributed by atoms with Crippen molar-refractivity contribution in [3.63, 3.8) is 0 Å². The molecule has 4 rings (SSSR count). The molecule has 0 radical (unpaired) electrons. The van der Waals surface area contributed by atoms with E-state index in [9.17, 15) is 5.11 Å². The average molecular weight is 356 g/mol. The van der Waals surface area contributed by atoms with E-state index in [1.165, 1.54) is 24.0 Å². The van der Waals surface area contributed by atoms with Gasteiger partial charge in [0, 0.05) is 6.42 Å². The summed E-state index contributed by atoms with van der Waals surface area (Å²) in [5, 5.41) is 15.3. The molecule has 5 nitrogen and oxygen atoms in total. The first kappa shape index (κ1) is 16.5. The van der Waals surface area contributed by atoms with E-state index >= 15 is 0 Å². The highest BCUT2D eigenvalue weighted by Crippen LogP contribution is 2.41. The van der Waals surface area contributed by atoms with Crippen LogP contribution in [0.1, 0.15) is 54.6 Å². The van der Waals surface area contributed by atoms with Crippen molar-refractivity contribution in [3.05, 3.63) is 46.1 Å². The van der Waals surface area contributed by atoms with Gasteiger partial charge in [-0.15, -0.1) is 5.10 Å². The first-order valence-electron chi connectivity index (χ1n) is 9.11. The van der Waals surface area contributed by atoms with Crippen LogP contribution in [0.2, 0.25) is 0 Å². The smallest absolute Gasteiger partial charge is 0.230 e. The Hall–Kier alpha value is -1.92. The minimum absolute atomic E-state index is 0.0759. The van der Waals surface area contributed by atoms with Crippen molar-refractivity contribution < 1.29 is 5.11 Å². The lowest BCUT2D eigenvalue weighted by Crippen LogP contribution is -2.26. The zero-order chi connectivity index (χ0) is 17.4. The van der Waals surface area contributed by atoms with Crippen molar-refractivity contribution in [2.24, 2.45) is 0 Å². The second-order valence-corrected chi connectivity index (χ2v) is 7.62. The molecule has 1 N–H and O–H groups in total. The third kappa shape index (κ3) is 2.93. The Bertz CT molecular complexity index is 862. The lowest BCUT2D eigenvalue weighted by atomic mass is 10.0. The first-order chi connectivity index (χ1) is 12.2. The Labute approximate surface area is 151 Å². The van der Waals surface area contributed by atoms with Crippen LogP contribution in [0.4, 0.5) is 0 Å². The summed E-state index contributed by atoms with van der Waals surface area (Å²) in [5.74, 6) is 1.02. The summed E-state index contributed by atoms with van der Waals surface area (Å²) in [5.41, 5.74) is 2.57. The van der Waals surface area contributed by atoms with Crippen LogP contribution in [0.25, 0.3) is 4.96 Å². The summed E-state index contributed by atoms with van der Waals surface area (Å²) in [6, 6.07) is 8.87. The highest BCUT2D eigenvalue weighted by molar-refractivity contribution is 7.17. The third-order valence-corrected chi connectivity index (χ3v) is 6.09. The molecule has 0 amide bonds. The van der Waals surface area contributed by atoms with E-state index < -0.39 is 0 Å². The maximum absolute atomic E-state index is 10.8. The summed E-state index contributed by atoms with van der Waals surface area (Å²) in [6.45, 7) is 6.32. The number of benzene rings is 1. The second-order valence-electron chi connectivity index (χ2n) is 6.61. The van der Waals surface area contributed by atoms with Crippen LogP contribution in [0.3, 0.4) is 0 Å². The number of aromatic hydroxyl groups is 1. The second kappa shape index (κ2) is 6.77. The summed E-state index contributed by atoms with van der Waals surface area (Å²) >= 11 is 1.56. The monoisotopic (exact) mass is 356 g/mol. The van der Waals surface area contributed by atoms with Crippen LogP contribution in [-0.2, 0) is 12.8 Å². The quantitative estimate of drug-likeness (QED) is 0.755. The van der Waals surface area contributed by atoms with Crippen LogP contribution in [0, 0.1) is 0 Å². The Morgan fingerprint density at radius 2 is 1.84 bits per heavy atom. The Balaban J connectivity index is 1.79. The molecule has 6 heteroatoms. The van der Waals surface area contributed by atoms with Crippen LogP contribution in [0.5, 0.6) is 5.88 Å². The lowest BCUT2D eigenvalue weighted by Gasteiger charge is -2.27. The number of hydrogen-bond acceptors (Lipinski definition) is 5. The van der Waals surface area contributed by atoms with Crippen LogP contribution in [-0.4, -0.2) is 37.7 Å². The molecule has 0 spiro atoms. The topological polar surface area (TPSA) is 53.7 Å². The number of nitrogens with zero attached hydrogens (tertiary/aromatic N) is 4. The Morgan fingerprint density at radius 1 is 1.12 bits per heavy atom. The largest absolute Gasteiger partial charge is 0.492 e. The molecule has 1 aliphatic rings. The highest BCUT2D eigenvalue weighted by atomic mass is 32.1. The fraction of sp³-hybridized carbons (Fsp3) is 0.474. The molecule has 3 aromatic rings. The summed E-state index contributed by atoms with van der Waals surface area (Å²) in [6.07, 6.45) is 4.24. The SMILES string of the molecule is CCc1ccc([C@H](c2sc3nc(CC)nn3c2O)N2CCCC2)cc1. The van der Waals surface area contributed by atoms with E-state index in [1.54, 1.807) is 15.9 Å². The third-order valence-electron chi connectivity index (χ3n) is 5.02. The first-order valence-corrected chi connectivity index (χ1v) is 9.93. The van der Waals surface area contributed by atoms with Crippen molar-refractivity contribution >= 4 is 16.3 Å². The lowest BCUT2D eigenvalue weighted by molar-refractivity contribution is 0.277. The highest BCUT2D eigenvalue weighted by Gasteiger charge is 2.31. The Kier molecular flexibility index (Phi) is 4.48. The molecule has 1 atom stereocenters. The molecule has 0 aliphatic carbocycles. The van der Waals surface area contributed by atoms with E-state index in [-0.39, 0.29) is 11.9 Å². The zero-order valence-corrected chi connectivity index (χ0v) is 15.6. The minimum atomic E-state index is 0.0759. The van der Waals surface area contributed by atoms with Gasteiger partial charge in [-0.1, -0.05) is 49.4 Å². The molecule has 25 heavy (non-hydrogen) atoms. The fourth-order valence-electron chi connectivity index (χ4n) is 3.58. The van der Waals surface area contributed by atoms with E-state index in [0.717, 1.165) is 41.6 Å². The maximum atomic E-state index is 10.8. The van der Waals surface area contributed by atoms with E-state index in [0.29, 0.717) is 0 Å². The Morgan fingerprint density at radius 3 is 2.44 bits per heavy atom. The molecule has 0 unspecified atom stereocenters. The number of likely N-dealkylation sites (tertiary alicyclic amines) is 1. The normalized spacial score (nSPS) is 16.7. The van der Waals surface area contributed by atoms with Gasteiger partial charge in [-0.2, -0.15) is 4.52 Å². The van der Waals surface area contributed by atoms with Crippen LogP contribution >= 0.6 is 11.3 Å². The standard InChI is InChI=1S/C19H24N4OS/c1-3-13-7-9-14(10-8-13)16(22-11-5-6-12-22)17-18(24)23-19(25-17)20-15(4-2)21-23/h7-10,16,24H,3-6,11-12H2,1-2H3/t16-/m1/s1. The van der Waals surface area contributed by atoms with Crippen molar-refractivity contribution in [2.45, 2.75) is 45.6 Å². The molecule has 1 aromatic carbocycles. The number of hydrogen-bond donors (Lipinski definition) is 1. The van der Waals surface area contributed by atoms with Gasteiger partial charge in [0.25, 0.3) is 0 Å². The van der Waals surface area contributed by atoms with E-state index in [2.05, 4.69) is 46.2 Å². The van der Waals surface area contributed by atoms with Crippen molar-refractivity contribution in [3.8, 4) is 5.88 Å². The zero-order valence-electron chi connectivity index (χ0n) is 14.8. The van der Waals surface area contributed by atoms with Gasteiger partial charge < -0.3 is 5.11 Å². The van der Waals surface area contributed by atoms with Crippen molar-refractivity contribution in [2.75, 3.05) is 13.1 Å². The number of thiazole rings is 1. The number of aromatic nitrogens is 3. The molecule has 0 saturated carbocycles. The number of rotatable bonds is 5. The molecule has 1 saturated heterocycles. The van der Waals surface area contributed by atoms with Gasteiger partial charge in [0.05, 0.1) is 10.9 Å². The van der Waals surface area contributed by atoms with Gasteiger partial charge in [-0.05, 0) is 43.5 Å². The predicted molar refractivity (Wildman–Crippen MR) is 100 cm³/mol. The molecule has 3 heterocycles. The number of fused-ring (bicyclic) bond motifs is 1. The van der Waals surface area contributed by atoms with Gasteiger partial charge >= 0.3 is 0 Å². The summed E-state index contributed by atoms with van der Waals surface area (Å²) in [4.78, 5) is 8.72. The maximum Gasteiger partial charge on any atom is 0.230 e. The van der Waals surface area contributed by atoms with Crippen molar-refractivity contribution in [1.82, 2.24) is 19.5 Å². The minimum Gasteiger partial charge on any atom is -0.492 e. The van der Waals surface area contributed by atoms with E-state index in [1.807, 2.05) is 6.92 Å². The van der Waals surface area contributed by atoms with Crippen molar-refractivity contribution in [1.29, 1.82) is 0 Å².